The van der Waals surface area contributed by atoms with Gasteiger partial charge in [0.1, 0.15) is 11.4 Å². The van der Waals surface area contributed by atoms with Crippen molar-refractivity contribution >= 4 is 27.5 Å². The van der Waals surface area contributed by atoms with Gasteiger partial charge in [-0.15, -0.1) is 0 Å². The van der Waals surface area contributed by atoms with Gasteiger partial charge in [-0.25, -0.2) is 13.1 Å². The molecule has 1 aliphatic rings. The average Bonchev–Trinajstić information content (AvgIpc) is 2.51. The molecule has 2 rings (SSSR count). The van der Waals surface area contributed by atoms with Crippen LogP contribution in [0.2, 0.25) is 0 Å². The molecule has 0 aliphatic carbocycles. The van der Waals surface area contributed by atoms with E-state index in [1.165, 1.54) is 30.9 Å². The number of hydrogen-bond donors (Lipinski definition) is 2. The molecule has 0 bridgehead atoms. The van der Waals surface area contributed by atoms with Gasteiger partial charge >= 0.3 is 0 Å². The molecule has 0 saturated heterocycles. The first-order valence-corrected chi connectivity index (χ1v) is 9.85. The standard InChI is InChI=1S/C17H25N3O5S/c1-12(21)18-8-5-9-19-26(23,24)14-6-7-16-15(10-14)20(13(2)22)11-17(3,4)25-16/h6-7,10,19H,5,8-9,11H2,1-4H3,(H,18,21). The van der Waals surface area contributed by atoms with Crippen LogP contribution in [0.1, 0.15) is 34.1 Å². The largest absolute Gasteiger partial charge is 0.484 e. The zero-order chi connectivity index (χ0) is 19.5. The fourth-order valence-corrected chi connectivity index (χ4v) is 3.77. The molecular weight excluding hydrogens is 358 g/mol. The minimum absolute atomic E-state index is 0.0605. The first-order chi connectivity index (χ1) is 12.0. The van der Waals surface area contributed by atoms with Gasteiger partial charge in [0, 0.05) is 26.9 Å². The molecular formula is C17H25N3O5S. The molecule has 1 aliphatic heterocycles. The van der Waals surface area contributed by atoms with Crippen LogP contribution in [0.15, 0.2) is 23.1 Å². The van der Waals surface area contributed by atoms with Gasteiger partial charge in [0.15, 0.2) is 0 Å². The summed E-state index contributed by atoms with van der Waals surface area (Å²) in [4.78, 5) is 24.4. The lowest BCUT2D eigenvalue weighted by Gasteiger charge is -2.39. The summed E-state index contributed by atoms with van der Waals surface area (Å²) >= 11 is 0. The Bertz CT molecular complexity index is 805. The molecule has 0 aromatic heterocycles. The van der Waals surface area contributed by atoms with Gasteiger partial charge in [-0.2, -0.15) is 0 Å². The van der Waals surface area contributed by atoms with E-state index in [1.807, 2.05) is 13.8 Å². The van der Waals surface area contributed by atoms with Crippen LogP contribution in [0.3, 0.4) is 0 Å². The summed E-state index contributed by atoms with van der Waals surface area (Å²) in [5.74, 6) is 0.135. The lowest BCUT2D eigenvalue weighted by molar-refractivity contribution is -0.119. The number of nitrogens with zero attached hydrogens (tertiary/aromatic N) is 1. The van der Waals surface area contributed by atoms with E-state index in [9.17, 15) is 18.0 Å². The van der Waals surface area contributed by atoms with E-state index < -0.39 is 15.6 Å². The van der Waals surface area contributed by atoms with E-state index in [0.29, 0.717) is 30.9 Å². The van der Waals surface area contributed by atoms with E-state index in [-0.39, 0.29) is 23.3 Å². The Kier molecular flexibility index (Phi) is 5.92. The van der Waals surface area contributed by atoms with Crippen LogP contribution in [0, 0.1) is 0 Å². The summed E-state index contributed by atoms with van der Waals surface area (Å²) in [5, 5.41) is 2.60. The van der Waals surface area contributed by atoms with Crippen LogP contribution in [0.5, 0.6) is 5.75 Å². The Morgan fingerprint density at radius 1 is 1.23 bits per heavy atom. The lowest BCUT2D eigenvalue weighted by Crippen LogP contribution is -2.48. The quantitative estimate of drug-likeness (QED) is 0.714. The average molecular weight is 383 g/mol. The molecule has 1 aromatic carbocycles. The maximum absolute atomic E-state index is 12.5. The van der Waals surface area contributed by atoms with E-state index in [1.54, 1.807) is 6.07 Å². The van der Waals surface area contributed by atoms with Gasteiger partial charge in [-0.3, -0.25) is 9.59 Å². The molecule has 2 amide bonds. The number of amides is 2. The summed E-state index contributed by atoms with van der Waals surface area (Å²) in [6, 6.07) is 4.47. The first-order valence-electron chi connectivity index (χ1n) is 8.37. The smallest absolute Gasteiger partial charge is 0.240 e. The van der Waals surface area contributed by atoms with E-state index >= 15 is 0 Å². The summed E-state index contributed by atoms with van der Waals surface area (Å²) in [6.45, 7) is 7.50. The number of hydrogen-bond acceptors (Lipinski definition) is 5. The molecule has 8 nitrogen and oxygen atoms in total. The Labute approximate surface area is 153 Å². The number of sulfonamides is 1. The second kappa shape index (κ2) is 7.63. The van der Waals surface area contributed by atoms with Crippen molar-refractivity contribution in [3.8, 4) is 5.75 Å². The molecule has 0 fully saturated rings. The monoisotopic (exact) mass is 383 g/mol. The van der Waals surface area contributed by atoms with Gasteiger partial charge in [-0.1, -0.05) is 0 Å². The maximum atomic E-state index is 12.5. The maximum Gasteiger partial charge on any atom is 0.240 e. The molecule has 0 atom stereocenters. The van der Waals surface area contributed by atoms with Crippen molar-refractivity contribution in [3.63, 3.8) is 0 Å². The highest BCUT2D eigenvalue weighted by Gasteiger charge is 2.34. The molecule has 1 aromatic rings. The number of carbonyl (C=O) groups is 2. The third-order valence-corrected chi connectivity index (χ3v) is 5.32. The molecule has 144 valence electrons. The molecule has 2 N–H and O–H groups in total. The zero-order valence-corrected chi connectivity index (χ0v) is 16.3. The summed E-state index contributed by atoms with van der Waals surface area (Å²) in [6.07, 6.45) is 0.473. The SMILES string of the molecule is CC(=O)NCCCNS(=O)(=O)c1ccc2c(c1)N(C(C)=O)CC(C)(C)O2. The van der Waals surface area contributed by atoms with Crippen LogP contribution >= 0.6 is 0 Å². The van der Waals surface area contributed by atoms with Crippen molar-refractivity contribution in [1.29, 1.82) is 0 Å². The lowest BCUT2D eigenvalue weighted by atomic mass is 10.1. The number of fused-ring (bicyclic) bond motifs is 1. The molecule has 0 saturated carbocycles. The zero-order valence-electron chi connectivity index (χ0n) is 15.5. The minimum atomic E-state index is -3.73. The van der Waals surface area contributed by atoms with Gasteiger partial charge < -0.3 is 15.0 Å². The van der Waals surface area contributed by atoms with Crippen LogP contribution in [-0.2, 0) is 19.6 Å². The van der Waals surface area contributed by atoms with Gasteiger partial charge in [0.25, 0.3) is 0 Å². The van der Waals surface area contributed by atoms with Crippen molar-refractivity contribution in [3.05, 3.63) is 18.2 Å². The number of rotatable bonds is 6. The third-order valence-electron chi connectivity index (χ3n) is 3.86. The van der Waals surface area contributed by atoms with Crippen molar-refractivity contribution in [2.45, 2.75) is 44.6 Å². The fourth-order valence-electron chi connectivity index (χ4n) is 2.68. The molecule has 0 unspecified atom stereocenters. The van der Waals surface area contributed by atoms with Crippen molar-refractivity contribution in [2.75, 3.05) is 24.5 Å². The van der Waals surface area contributed by atoms with E-state index in [0.717, 1.165) is 0 Å². The van der Waals surface area contributed by atoms with Crippen molar-refractivity contribution in [2.24, 2.45) is 0 Å². The van der Waals surface area contributed by atoms with Crippen molar-refractivity contribution in [1.82, 2.24) is 10.0 Å². The number of benzene rings is 1. The number of ether oxygens (including phenoxy) is 1. The van der Waals surface area contributed by atoms with Crippen LogP contribution < -0.4 is 19.7 Å². The topological polar surface area (TPSA) is 105 Å². The van der Waals surface area contributed by atoms with E-state index in [2.05, 4.69) is 10.0 Å². The summed E-state index contributed by atoms with van der Waals surface area (Å²) in [5.41, 5.74) is -0.112. The van der Waals surface area contributed by atoms with Crippen LogP contribution in [0.25, 0.3) is 0 Å². The second-order valence-corrected chi connectivity index (χ2v) is 8.60. The minimum Gasteiger partial charge on any atom is -0.484 e. The predicted molar refractivity (Wildman–Crippen MR) is 97.7 cm³/mol. The van der Waals surface area contributed by atoms with Gasteiger partial charge in [-0.05, 0) is 38.5 Å². The number of anilines is 1. The molecule has 9 heteroatoms. The van der Waals surface area contributed by atoms with Crippen molar-refractivity contribution < 1.29 is 22.7 Å². The second-order valence-electron chi connectivity index (χ2n) is 6.83. The Balaban J connectivity index is 2.17. The molecule has 0 spiro atoms. The molecule has 26 heavy (non-hydrogen) atoms. The molecule has 1 heterocycles. The van der Waals surface area contributed by atoms with Gasteiger partial charge in [0.2, 0.25) is 21.8 Å². The Morgan fingerprint density at radius 2 is 1.92 bits per heavy atom. The normalized spacial score (nSPS) is 15.8. The first kappa shape index (κ1) is 20.2. The van der Waals surface area contributed by atoms with Crippen LogP contribution in [0.4, 0.5) is 5.69 Å². The van der Waals surface area contributed by atoms with E-state index in [4.69, 9.17) is 4.74 Å². The number of carbonyl (C=O) groups excluding carboxylic acids is 2. The number of nitrogens with one attached hydrogen (secondary N) is 2. The Hall–Kier alpha value is -2.13. The fraction of sp³-hybridized carbons (Fsp3) is 0.529. The highest BCUT2D eigenvalue weighted by Crippen LogP contribution is 2.38. The highest BCUT2D eigenvalue weighted by molar-refractivity contribution is 7.89. The predicted octanol–water partition coefficient (Wildman–Crippen LogP) is 1.02. The summed E-state index contributed by atoms with van der Waals surface area (Å²) in [7, 11) is -3.73. The summed E-state index contributed by atoms with van der Waals surface area (Å²) < 4.78 is 33.3. The van der Waals surface area contributed by atoms with Crippen LogP contribution in [-0.4, -0.2) is 45.5 Å². The highest BCUT2D eigenvalue weighted by atomic mass is 32.2. The Morgan fingerprint density at radius 3 is 2.54 bits per heavy atom. The van der Waals surface area contributed by atoms with Gasteiger partial charge in [0.05, 0.1) is 17.1 Å². The molecule has 0 radical (unpaired) electrons. The third kappa shape index (κ3) is 4.95.